The minimum absolute atomic E-state index is 0.190. The summed E-state index contributed by atoms with van der Waals surface area (Å²) in [6, 6.07) is 3.23. The number of aryl methyl sites for hydroxylation is 1. The number of rotatable bonds is 1. The van der Waals surface area contributed by atoms with Crippen molar-refractivity contribution in [2.24, 2.45) is 5.18 Å². The molecule has 0 spiro atoms. The standard InChI is InChI=1S/C6H7N3O/c1-4-2-3-5(9-10)6(7)8-4/h2-3H,1H3,(H2,7,8). The van der Waals surface area contributed by atoms with Crippen LogP contribution in [-0.2, 0) is 0 Å². The third-order valence-electron chi connectivity index (χ3n) is 1.14. The molecule has 0 unspecified atom stereocenters. The van der Waals surface area contributed by atoms with Crippen LogP contribution in [0, 0.1) is 11.8 Å². The van der Waals surface area contributed by atoms with Gasteiger partial charge in [0, 0.05) is 5.69 Å². The molecule has 2 N–H and O–H groups in total. The summed E-state index contributed by atoms with van der Waals surface area (Å²) in [4.78, 5) is 13.8. The Bertz CT molecular complexity index is 259. The SMILES string of the molecule is Cc1ccc(N=O)c(N)n1. The first-order valence-corrected chi connectivity index (χ1v) is 2.80. The van der Waals surface area contributed by atoms with Crippen molar-refractivity contribution in [1.82, 2.24) is 4.98 Å². The van der Waals surface area contributed by atoms with E-state index < -0.39 is 0 Å². The smallest absolute Gasteiger partial charge is 0.153 e. The monoisotopic (exact) mass is 137 g/mol. The van der Waals surface area contributed by atoms with Crippen LogP contribution in [0.1, 0.15) is 5.69 Å². The van der Waals surface area contributed by atoms with Gasteiger partial charge in [-0.2, -0.15) is 0 Å². The van der Waals surface area contributed by atoms with Gasteiger partial charge in [-0.1, -0.05) is 0 Å². The van der Waals surface area contributed by atoms with Crippen molar-refractivity contribution in [3.63, 3.8) is 0 Å². The number of pyridine rings is 1. The second-order valence-electron chi connectivity index (χ2n) is 1.95. The van der Waals surface area contributed by atoms with Gasteiger partial charge in [-0.3, -0.25) is 0 Å². The lowest BCUT2D eigenvalue weighted by Crippen LogP contribution is -1.91. The Labute approximate surface area is 58.1 Å². The van der Waals surface area contributed by atoms with Crippen LogP contribution < -0.4 is 5.73 Å². The van der Waals surface area contributed by atoms with Gasteiger partial charge in [0.1, 0.15) is 5.69 Å². The largest absolute Gasteiger partial charge is 0.382 e. The zero-order chi connectivity index (χ0) is 7.56. The van der Waals surface area contributed by atoms with Gasteiger partial charge in [0.15, 0.2) is 5.82 Å². The molecule has 52 valence electrons. The summed E-state index contributed by atoms with van der Waals surface area (Å²) < 4.78 is 0. The molecule has 0 atom stereocenters. The number of aromatic nitrogens is 1. The van der Waals surface area contributed by atoms with Crippen LogP contribution in [0.2, 0.25) is 0 Å². The Kier molecular flexibility index (Phi) is 1.62. The topological polar surface area (TPSA) is 68.3 Å². The van der Waals surface area contributed by atoms with Gasteiger partial charge in [-0.05, 0) is 24.2 Å². The first-order chi connectivity index (χ1) is 4.74. The summed E-state index contributed by atoms with van der Waals surface area (Å²) >= 11 is 0. The van der Waals surface area contributed by atoms with E-state index in [0.29, 0.717) is 0 Å². The van der Waals surface area contributed by atoms with Crippen molar-refractivity contribution in [1.29, 1.82) is 0 Å². The molecule has 1 aromatic heterocycles. The first-order valence-electron chi connectivity index (χ1n) is 2.80. The van der Waals surface area contributed by atoms with E-state index >= 15 is 0 Å². The predicted octanol–water partition coefficient (Wildman–Crippen LogP) is 1.37. The summed E-state index contributed by atoms with van der Waals surface area (Å²) in [6.45, 7) is 1.80. The van der Waals surface area contributed by atoms with Crippen molar-refractivity contribution < 1.29 is 0 Å². The highest BCUT2D eigenvalue weighted by molar-refractivity contribution is 5.56. The fourth-order valence-corrected chi connectivity index (χ4v) is 0.647. The number of hydrogen-bond acceptors (Lipinski definition) is 4. The van der Waals surface area contributed by atoms with E-state index in [1.54, 1.807) is 19.1 Å². The molecule has 4 nitrogen and oxygen atoms in total. The van der Waals surface area contributed by atoms with Crippen LogP contribution in [0.15, 0.2) is 17.3 Å². The highest BCUT2D eigenvalue weighted by atomic mass is 16.3. The Hall–Kier alpha value is -1.45. The molecule has 0 aromatic carbocycles. The van der Waals surface area contributed by atoms with Crippen molar-refractivity contribution in [2.45, 2.75) is 6.92 Å². The third kappa shape index (κ3) is 1.10. The number of nitrogens with two attached hydrogens (primary N) is 1. The zero-order valence-electron chi connectivity index (χ0n) is 5.53. The summed E-state index contributed by atoms with van der Waals surface area (Å²) in [7, 11) is 0. The first kappa shape index (κ1) is 6.67. The summed E-state index contributed by atoms with van der Waals surface area (Å²) in [5.74, 6) is 0.190. The van der Waals surface area contributed by atoms with Crippen molar-refractivity contribution in [2.75, 3.05) is 5.73 Å². The van der Waals surface area contributed by atoms with E-state index in [1.165, 1.54) is 0 Å². The van der Waals surface area contributed by atoms with Crippen LogP contribution in [0.25, 0.3) is 0 Å². The Balaban J connectivity index is 3.19. The Morgan fingerprint density at radius 1 is 1.60 bits per heavy atom. The van der Waals surface area contributed by atoms with E-state index in [1.807, 2.05) is 0 Å². The van der Waals surface area contributed by atoms with Crippen LogP contribution in [0.5, 0.6) is 0 Å². The summed E-state index contributed by atoms with van der Waals surface area (Å²) in [5, 5.41) is 2.67. The second-order valence-corrected chi connectivity index (χ2v) is 1.95. The van der Waals surface area contributed by atoms with Crippen molar-refractivity contribution >= 4 is 11.5 Å². The molecular weight excluding hydrogens is 130 g/mol. The van der Waals surface area contributed by atoms with E-state index in [4.69, 9.17) is 5.73 Å². The normalized spacial score (nSPS) is 9.30. The van der Waals surface area contributed by atoms with E-state index in [0.717, 1.165) is 5.69 Å². The lowest BCUT2D eigenvalue weighted by molar-refractivity contribution is 1.20. The van der Waals surface area contributed by atoms with E-state index in [2.05, 4.69) is 10.2 Å². The molecule has 0 aliphatic carbocycles. The Morgan fingerprint density at radius 2 is 2.30 bits per heavy atom. The van der Waals surface area contributed by atoms with Gasteiger partial charge in [0.2, 0.25) is 0 Å². The number of hydrogen-bond donors (Lipinski definition) is 1. The average Bonchev–Trinajstić information content (AvgIpc) is 1.88. The van der Waals surface area contributed by atoms with Gasteiger partial charge < -0.3 is 5.73 Å². The van der Waals surface area contributed by atoms with E-state index in [9.17, 15) is 4.91 Å². The van der Waals surface area contributed by atoms with Crippen molar-refractivity contribution in [3.05, 3.63) is 22.7 Å². The fourth-order valence-electron chi connectivity index (χ4n) is 0.647. The lowest BCUT2D eigenvalue weighted by Gasteiger charge is -1.95. The number of nitrogens with zero attached hydrogens (tertiary/aromatic N) is 2. The second kappa shape index (κ2) is 2.43. The molecular formula is C6H7N3O. The van der Waals surface area contributed by atoms with Gasteiger partial charge in [-0.25, -0.2) is 4.98 Å². The average molecular weight is 137 g/mol. The molecule has 0 bridgehead atoms. The van der Waals surface area contributed by atoms with Gasteiger partial charge in [0.25, 0.3) is 0 Å². The highest BCUT2D eigenvalue weighted by Crippen LogP contribution is 2.18. The van der Waals surface area contributed by atoms with Gasteiger partial charge in [0.05, 0.1) is 0 Å². The van der Waals surface area contributed by atoms with Gasteiger partial charge >= 0.3 is 0 Å². The van der Waals surface area contributed by atoms with Crippen LogP contribution >= 0.6 is 0 Å². The minimum Gasteiger partial charge on any atom is -0.382 e. The van der Waals surface area contributed by atoms with E-state index in [-0.39, 0.29) is 11.5 Å². The van der Waals surface area contributed by atoms with Crippen LogP contribution in [0.4, 0.5) is 11.5 Å². The molecule has 4 heteroatoms. The van der Waals surface area contributed by atoms with Crippen LogP contribution in [0.3, 0.4) is 0 Å². The minimum atomic E-state index is 0.190. The summed E-state index contributed by atoms with van der Waals surface area (Å²) in [6.07, 6.45) is 0. The lowest BCUT2D eigenvalue weighted by atomic mass is 10.3. The molecule has 0 saturated carbocycles. The molecule has 10 heavy (non-hydrogen) atoms. The van der Waals surface area contributed by atoms with Gasteiger partial charge in [-0.15, -0.1) is 4.91 Å². The zero-order valence-corrected chi connectivity index (χ0v) is 5.53. The quantitative estimate of drug-likeness (QED) is 0.594. The molecule has 0 amide bonds. The third-order valence-corrected chi connectivity index (χ3v) is 1.14. The molecule has 0 radical (unpaired) electrons. The molecule has 0 aliphatic heterocycles. The molecule has 1 rings (SSSR count). The van der Waals surface area contributed by atoms with Crippen LogP contribution in [-0.4, -0.2) is 4.98 Å². The maximum atomic E-state index is 9.97. The molecule has 0 saturated heterocycles. The molecule has 0 fully saturated rings. The summed E-state index contributed by atoms with van der Waals surface area (Å²) in [5.41, 5.74) is 6.31. The number of nitroso groups, excluding NO2 is 1. The number of nitrogen functional groups attached to an aromatic ring is 1. The fraction of sp³-hybridized carbons (Fsp3) is 0.167. The predicted molar refractivity (Wildman–Crippen MR) is 38.8 cm³/mol. The number of anilines is 1. The highest BCUT2D eigenvalue weighted by Gasteiger charge is 1.97. The maximum Gasteiger partial charge on any atom is 0.153 e. The molecule has 0 aliphatic rings. The molecule has 1 aromatic rings. The molecule has 1 heterocycles. The maximum absolute atomic E-state index is 9.97. The Morgan fingerprint density at radius 3 is 2.80 bits per heavy atom. The van der Waals surface area contributed by atoms with Crippen molar-refractivity contribution in [3.8, 4) is 0 Å².